The minimum Gasteiger partial charge on any atom is -0.352 e. The van der Waals surface area contributed by atoms with Crippen molar-refractivity contribution in [3.8, 4) is 0 Å². The van der Waals surface area contributed by atoms with E-state index < -0.39 is 9.85 Å². The molecule has 9 heteroatoms. The van der Waals surface area contributed by atoms with Crippen molar-refractivity contribution in [1.82, 2.24) is 9.88 Å². The van der Waals surface area contributed by atoms with Crippen molar-refractivity contribution in [1.29, 1.82) is 0 Å². The molecule has 0 spiro atoms. The Morgan fingerprint density at radius 1 is 1.43 bits per heavy atom. The second kappa shape index (κ2) is 6.44. The first-order valence-electron chi connectivity index (χ1n) is 6.72. The van der Waals surface area contributed by atoms with Crippen LogP contribution in [0.3, 0.4) is 0 Å². The van der Waals surface area contributed by atoms with Crippen LogP contribution < -0.4 is 5.32 Å². The topological polar surface area (TPSA) is 114 Å². The van der Waals surface area contributed by atoms with Gasteiger partial charge in [-0.3, -0.25) is 25.1 Å². The van der Waals surface area contributed by atoms with Crippen molar-refractivity contribution >= 4 is 17.2 Å². The molecule has 1 saturated heterocycles. The van der Waals surface area contributed by atoms with Crippen molar-refractivity contribution in [2.45, 2.75) is 19.8 Å². The Kier molecular flexibility index (Phi) is 4.63. The molecule has 1 aromatic heterocycles. The first-order valence-corrected chi connectivity index (χ1v) is 6.72. The second-order valence-electron chi connectivity index (χ2n) is 5.23. The number of nitrogens with zero attached hydrogens (tertiary/aromatic N) is 4. The van der Waals surface area contributed by atoms with Crippen LogP contribution in [0.15, 0.2) is 12.3 Å². The zero-order valence-electron chi connectivity index (χ0n) is 11.7. The summed E-state index contributed by atoms with van der Waals surface area (Å²) in [6.07, 6.45) is 3.30. The number of nitrogens with one attached hydrogen (secondary N) is 1. The molecule has 1 fully saturated rings. The van der Waals surface area contributed by atoms with Crippen LogP contribution in [0.25, 0.3) is 0 Å². The predicted molar refractivity (Wildman–Crippen MR) is 76.0 cm³/mol. The Balaban J connectivity index is 2.08. The van der Waals surface area contributed by atoms with Crippen molar-refractivity contribution in [3.05, 3.63) is 32.5 Å². The van der Waals surface area contributed by atoms with Crippen molar-refractivity contribution in [2.24, 2.45) is 5.92 Å². The molecule has 0 aliphatic carbocycles. The number of anilines is 1. The van der Waals surface area contributed by atoms with E-state index in [9.17, 15) is 20.2 Å². The third-order valence-corrected chi connectivity index (χ3v) is 3.47. The minimum absolute atomic E-state index is 0.0591. The van der Waals surface area contributed by atoms with E-state index in [1.807, 2.05) is 0 Å². The summed E-state index contributed by atoms with van der Waals surface area (Å²) < 4.78 is 0. The van der Waals surface area contributed by atoms with Gasteiger partial charge in [0.05, 0.1) is 22.6 Å². The van der Waals surface area contributed by atoms with Crippen LogP contribution in [0.1, 0.15) is 19.8 Å². The Morgan fingerprint density at radius 2 is 2.19 bits per heavy atom. The monoisotopic (exact) mass is 295 g/mol. The summed E-state index contributed by atoms with van der Waals surface area (Å²) in [6, 6.07) is 0.925. The number of aromatic nitrogens is 1. The molecule has 21 heavy (non-hydrogen) atoms. The fraction of sp³-hybridized carbons (Fsp3) is 0.583. The largest absolute Gasteiger partial charge is 0.352 e. The molecule has 1 aliphatic heterocycles. The molecule has 0 aromatic carbocycles. The highest BCUT2D eigenvalue weighted by Gasteiger charge is 2.22. The zero-order valence-corrected chi connectivity index (χ0v) is 11.7. The van der Waals surface area contributed by atoms with Gasteiger partial charge in [0.1, 0.15) is 6.20 Å². The Bertz CT molecular complexity index is 550. The molecule has 0 unspecified atom stereocenters. The van der Waals surface area contributed by atoms with Crippen molar-refractivity contribution in [2.75, 3.05) is 25.1 Å². The molecular formula is C12H17N5O4. The van der Waals surface area contributed by atoms with Gasteiger partial charge < -0.3 is 5.32 Å². The standard InChI is InChI=1S/C12H17N5O4/c1-9-3-2-4-15(7-9)8-14-12-11(17(20)21)5-10(6-13-12)16(18)19/h5-6,9H,2-4,7-8H2,1H3,(H,13,14)/t9-/m0/s1. The average Bonchev–Trinajstić information content (AvgIpc) is 2.44. The smallest absolute Gasteiger partial charge is 0.318 e. The van der Waals surface area contributed by atoms with Crippen LogP contribution in [0.4, 0.5) is 17.2 Å². The van der Waals surface area contributed by atoms with Crippen LogP contribution in [-0.2, 0) is 0 Å². The van der Waals surface area contributed by atoms with E-state index in [4.69, 9.17) is 0 Å². The molecular weight excluding hydrogens is 278 g/mol. The Labute approximate surface area is 121 Å². The molecule has 1 aromatic rings. The molecule has 2 rings (SSSR count). The van der Waals surface area contributed by atoms with Gasteiger partial charge in [-0.15, -0.1) is 0 Å². The molecule has 114 valence electrons. The maximum atomic E-state index is 11.0. The molecule has 0 bridgehead atoms. The summed E-state index contributed by atoms with van der Waals surface area (Å²) >= 11 is 0. The maximum absolute atomic E-state index is 11.0. The lowest BCUT2D eigenvalue weighted by Gasteiger charge is -2.30. The lowest BCUT2D eigenvalue weighted by Crippen LogP contribution is -2.37. The number of piperidine rings is 1. The van der Waals surface area contributed by atoms with Gasteiger partial charge in [-0.05, 0) is 25.3 Å². The lowest BCUT2D eigenvalue weighted by atomic mass is 10.0. The number of hydrogen-bond donors (Lipinski definition) is 1. The Hall–Kier alpha value is -2.29. The van der Waals surface area contributed by atoms with Crippen LogP contribution >= 0.6 is 0 Å². The van der Waals surface area contributed by atoms with Gasteiger partial charge in [0, 0.05) is 6.54 Å². The fourth-order valence-electron chi connectivity index (χ4n) is 2.43. The summed E-state index contributed by atoms with van der Waals surface area (Å²) in [5.41, 5.74) is -0.770. The van der Waals surface area contributed by atoms with E-state index in [2.05, 4.69) is 22.1 Å². The maximum Gasteiger partial charge on any atom is 0.318 e. The molecule has 2 heterocycles. The van der Waals surface area contributed by atoms with Gasteiger partial charge in [0.2, 0.25) is 5.82 Å². The summed E-state index contributed by atoms with van der Waals surface area (Å²) in [5, 5.41) is 24.5. The van der Waals surface area contributed by atoms with Gasteiger partial charge in [-0.25, -0.2) is 4.98 Å². The highest BCUT2D eigenvalue weighted by Crippen LogP contribution is 2.26. The number of likely N-dealkylation sites (tertiary alicyclic amines) is 1. The highest BCUT2D eigenvalue weighted by molar-refractivity contribution is 5.59. The summed E-state index contributed by atoms with van der Waals surface area (Å²) in [5.74, 6) is 0.657. The number of hydrogen-bond acceptors (Lipinski definition) is 7. The molecule has 1 N–H and O–H groups in total. The first-order chi connectivity index (χ1) is 9.97. The molecule has 0 saturated carbocycles. The molecule has 1 aliphatic rings. The van der Waals surface area contributed by atoms with Crippen molar-refractivity contribution < 1.29 is 9.85 Å². The molecule has 1 atom stereocenters. The zero-order chi connectivity index (χ0) is 15.4. The van der Waals surface area contributed by atoms with Crippen LogP contribution in [0.2, 0.25) is 0 Å². The van der Waals surface area contributed by atoms with E-state index in [-0.39, 0.29) is 17.2 Å². The highest BCUT2D eigenvalue weighted by atomic mass is 16.6. The summed E-state index contributed by atoms with van der Waals surface area (Å²) in [7, 11) is 0. The third-order valence-electron chi connectivity index (χ3n) is 3.47. The van der Waals surface area contributed by atoms with Crippen LogP contribution in [-0.4, -0.2) is 39.5 Å². The summed E-state index contributed by atoms with van der Waals surface area (Å²) in [4.78, 5) is 26.2. The summed E-state index contributed by atoms with van der Waals surface area (Å²) in [6.45, 7) is 4.46. The SMILES string of the molecule is C[C@H]1CCCN(CNc2ncc([N+](=O)[O-])cc2[N+](=O)[O-])C1. The number of nitro groups is 2. The van der Waals surface area contributed by atoms with E-state index >= 15 is 0 Å². The first kappa shape index (κ1) is 15.1. The predicted octanol–water partition coefficient (Wildman–Crippen LogP) is 2.00. The Morgan fingerprint density at radius 3 is 2.81 bits per heavy atom. The quantitative estimate of drug-likeness (QED) is 0.652. The van der Waals surface area contributed by atoms with E-state index in [1.54, 1.807) is 0 Å². The van der Waals surface area contributed by atoms with Crippen LogP contribution in [0.5, 0.6) is 0 Å². The molecule has 9 nitrogen and oxygen atoms in total. The third kappa shape index (κ3) is 3.85. The van der Waals surface area contributed by atoms with Crippen molar-refractivity contribution in [3.63, 3.8) is 0 Å². The van der Waals surface area contributed by atoms with E-state index in [1.165, 1.54) is 6.42 Å². The minimum atomic E-state index is -0.698. The van der Waals surface area contributed by atoms with Gasteiger partial charge in [0.25, 0.3) is 5.69 Å². The van der Waals surface area contributed by atoms with Crippen LogP contribution in [0, 0.1) is 26.1 Å². The van der Waals surface area contributed by atoms with Gasteiger partial charge in [0.15, 0.2) is 0 Å². The number of rotatable bonds is 5. The van der Waals surface area contributed by atoms with Gasteiger partial charge >= 0.3 is 5.69 Å². The average molecular weight is 295 g/mol. The van der Waals surface area contributed by atoms with E-state index in [0.717, 1.165) is 31.8 Å². The molecule has 0 radical (unpaired) electrons. The second-order valence-corrected chi connectivity index (χ2v) is 5.23. The van der Waals surface area contributed by atoms with Gasteiger partial charge in [-0.1, -0.05) is 6.92 Å². The fourth-order valence-corrected chi connectivity index (χ4v) is 2.43. The number of pyridine rings is 1. The lowest BCUT2D eigenvalue weighted by molar-refractivity contribution is -0.394. The van der Waals surface area contributed by atoms with Gasteiger partial charge in [-0.2, -0.15) is 0 Å². The normalized spacial score (nSPS) is 19.2. The van der Waals surface area contributed by atoms with E-state index in [0.29, 0.717) is 12.6 Å². The molecule has 0 amide bonds.